The normalized spacial score (nSPS) is 10.1. The van der Waals surface area contributed by atoms with Crippen molar-refractivity contribution < 1.29 is 4.74 Å². The Kier molecular flexibility index (Phi) is 2.76. The second-order valence-corrected chi connectivity index (χ2v) is 2.60. The van der Waals surface area contributed by atoms with Gasteiger partial charge in [0.25, 0.3) is 0 Å². The van der Waals surface area contributed by atoms with Gasteiger partial charge in [-0.25, -0.2) is 0 Å². The van der Waals surface area contributed by atoms with Crippen molar-refractivity contribution in [3.63, 3.8) is 0 Å². The number of methoxy groups -OCH3 is 1. The van der Waals surface area contributed by atoms with Crippen LogP contribution in [0.15, 0.2) is 6.20 Å². The van der Waals surface area contributed by atoms with Crippen molar-refractivity contribution in [3.05, 3.63) is 11.9 Å². The first kappa shape index (κ1) is 8.40. The van der Waals surface area contributed by atoms with Gasteiger partial charge in [-0.3, -0.25) is 4.68 Å². The fourth-order valence-corrected chi connectivity index (χ4v) is 1.17. The molecule has 0 aliphatic rings. The number of ether oxygens (including phenoxy) is 1. The summed E-state index contributed by atoms with van der Waals surface area (Å²) in [7, 11) is 3.51. The highest BCUT2D eigenvalue weighted by Crippen LogP contribution is 2.16. The number of hydrogen-bond acceptors (Lipinski definition) is 2. The van der Waals surface area contributed by atoms with Gasteiger partial charge in [0.1, 0.15) is 0 Å². The highest BCUT2D eigenvalue weighted by Gasteiger charge is 2.06. The zero-order valence-corrected chi connectivity index (χ0v) is 7.43. The molecule has 1 aromatic rings. The molecule has 4 heteroatoms. The number of aromatic nitrogens is 2. The summed E-state index contributed by atoms with van der Waals surface area (Å²) in [6, 6.07) is 0. The lowest BCUT2D eigenvalue weighted by Crippen LogP contribution is -2.00. The topological polar surface area (TPSA) is 27.1 Å². The second-order valence-electron chi connectivity index (χ2n) is 2.22. The summed E-state index contributed by atoms with van der Waals surface area (Å²) in [6.07, 6.45) is 2.49. The summed E-state index contributed by atoms with van der Waals surface area (Å²) >= 11 is 5.60. The van der Waals surface area contributed by atoms with E-state index in [4.69, 9.17) is 16.3 Å². The maximum Gasteiger partial charge on any atom is 0.159 e. The van der Waals surface area contributed by atoms with Gasteiger partial charge in [-0.2, -0.15) is 5.10 Å². The molecule has 0 saturated heterocycles. The Hall–Kier alpha value is -0.700. The molecule has 11 heavy (non-hydrogen) atoms. The average molecular weight is 175 g/mol. The maximum atomic E-state index is 5.60. The Morgan fingerprint density at radius 3 is 3.00 bits per heavy atom. The van der Waals surface area contributed by atoms with Gasteiger partial charge in [-0.15, -0.1) is 11.6 Å². The van der Waals surface area contributed by atoms with Crippen molar-refractivity contribution in [3.8, 4) is 5.75 Å². The zero-order chi connectivity index (χ0) is 8.27. The van der Waals surface area contributed by atoms with Crippen LogP contribution < -0.4 is 4.74 Å². The minimum Gasteiger partial charge on any atom is -0.493 e. The molecular weight excluding hydrogens is 164 g/mol. The molecule has 0 amide bonds. The second kappa shape index (κ2) is 3.62. The molecule has 0 saturated carbocycles. The number of hydrogen-bond donors (Lipinski definition) is 0. The summed E-state index contributed by atoms with van der Waals surface area (Å²) in [4.78, 5) is 0. The molecule has 0 radical (unpaired) electrons. The molecule has 0 aliphatic carbocycles. The number of nitrogens with zero attached hydrogens (tertiary/aromatic N) is 2. The molecular formula is C7H11ClN2O. The van der Waals surface area contributed by atoms with E-state index in [1.807, 2.05) is 7.05 Å². The molecule has 1 aromatic heterocycles. The zero-order valence-electron chi connectivity index (χ0n) is 6.67. The van der Waals surface area contributed by atoms with Crippen molar-refractivity contribution in [2.45, 2.75) is 6.42 Å². The molecule has 0 unspecified atom stereocenters. The van der Waals surface area contributed by atoms with E-state index in [0.717, 1.165) is 17.9 Å². The van der Waals surface area contributed by atoms with Crippen LogP contribution in [0.3, 0.4) is 0 Å². The van der Waals surface area contributed by atoms with Crippen LogP contribution in [0.4, 0.5) is 0 Å². The Labute approximate surface area is 70.9 Å². The molecule has 0 aromatic carbocycles. The van der Waals surface area contributed by atoms with E-state index in [1.54, 1.807) is 18.0 Å². The van der Waals surface area contributed by atoms with E-state index in [9.17, 15) is 0 Å². The predicted octanol–water partition coefficient (Wildman–Crippen LogP) is 1.21. The van der Waals surface area contributed by atoms with Crippen molar-refractivity contribution in [1.82, 2.24) is 9.78 Å². The van der Waals surface area contributed by atoms with Crippen LogP contribution in [0.1, 0.15) is 5.69 Å². The van der Waals surface area contributed by atoms with Crippen LogP contribution in [-0.2, 0) is 13.5 Å². The molecule has 0 N–H and O–H groups in total. The molecule has 0 aliphatic heterocycles. The van der Waals surface area contributed by atoms with Gasteiger partial charge in [0.15, 0.2) is 5.75 Å². The van der Waals surface area contributed by atoms with Crippen LogP contribution in [-0.4, -0.2) is 22.8 Å². The Bertz CT molecular complexity index is 234. The summed E-state index contributed by atoms with van der Waals surface area (Å²) in [5.74, 6) is 1.41. The SMILES string of the molecule is COc1cnn(C)c1CCCl. The van der Waals surface area contributed by atoms with Crippen LogP contribution in [0, 0.1) is 0 Å². The third-order valence-electron chi connectivity index (χ3n) is 1.57. The Balaban J connectivity index is 2.88. The van der Waals surface area contributed by atoms with Gasteiger partial charge in [0, 0.05) is 19.3 Å². The molecule has 0 bridgehead atoms. The van der Waals surface area contributed by atoms with Crippen LogP contribution in [0.25, 0.3) is 0 Å². The van der Waals surface area contributed by atoms with Crippen LogP contribution in [0.2, 0.25) is 0 Å². The van der Waals surface area contributed by atoms with Crippen molar-refractivity contribution in [2.24, 2.45) is 7.05 Å². The van der Waals surface area contributed by atoms with E-state index in [0.29, 0.717) is 5.88 Å². The largest absolute Gasteiger partial charge is 0.493 e. The first-order chi connectivity index (χ1) is 5.29. The lowest BCUT2D eigenvalue weighted by atomic mass is 10.3. The molecule has 1 heterocycles. The number of rotatable bonds is 3. The first-order valence-electron chi connectivity index (χ1n) is 3.40. The third kappa shape index (κ3) is 1.66. The fourth-order valence-electron chi connectivity index (χ4n) is 0.988. The standard InChI is InChI=1S/C7H11ClN2O/c1-10-6(3-4-8)7(11-2)5-9-10/h5H,3-4H2,1-2H3. The first-order valence-corrected chi connectivity index (χ1v) is 3.94. The average Bonchev–Trinajstić information content (AvgIpc) is 2.34. The van der Waals surface area contributed by atoms with Gasteiger partial charge in [0.05, 0.1) is 19.0 Å². The van der Waals surface area contributed by atoms with E-state index in [1.165, 1.54) is 0 Å². The van der Waals surface area contributed by atoms with E-state index in [2.05, 4.69) is 5.10 Å². The highest BCUT2D eigenvalue weighted by atomic mass is 35.5. The van der Waals surface area contributed by atoms with Gasteiger partial charge in [0.2, 0.25) is 0 Å². The lowest BCUT2D eigenvalue weighted by molar-refractivity contribution is 0.409. The Morgan fingerprint density at radius 2 is 2.45 bits per heavy atom. The van der Waals surface area contributed by atoms with Crippen LogP contribution >= 0.6 is 11.6 Å². The van der Waals surface area contributed by atoms with Gasteiger partial charge in [-0.05, 0) is 0 Å². The Morgan fingerprint density at radius 1 is 1.73 bits per heavy atom. The summed E-state index contributed by atoms with van der Waals surface area (Å²) in [6.45, 7) is 0. The van der Waals surface area contributed by atoms with Crippen molar-refractivity contribution >= 4 is 11.6 Å². The molecule has 0 spiro atoms. The van der Waals surface area contributed by atoms with E-state index < -0.39 is 0 Å². The third-order valence-corrected chi connectivity index (χ3v) is 1.76. The van der Waals surface area contributed by atoms with E-state index >= 15 is 0 Å². The molecule has 1 rings (SSSR count). The van der Waals surface area contributed by atoms with Crippen LogP contribution in [0.5, 0.6) is 5.75 Å². The maximum absolute atomic E-state index is 5.60. The monoisotopic (exact) mass is 174 g/mol. The van der Waals surface area contributed by atoms with E-state index in [-0.39, 0.29) is 0 Å². The number of alkyl halides is 1. The highest BCUT2D eigenvalue weighted by molar-refractivity contribution is 6.17. The fraction of sp³-hybridized carbons (Fsp3) is 0.571. The number of aryl methyl sites for hydroxylation is 1. The van der Waals surface area contributed by atoms with Gasteiger partial charge < -0.3 is 4.74 Å². The molecule has 62 valence electrons. The molecule has 0 atom stereocenters. The minimum absolute atomic E-state index is 0.593. The smallest absolute Gasteiger partial charge is 0.159 e. The summed E-state index contributed by atoms with van der Waals surface area (Å²) in [5.41, 5.74) is 1.04. The molecule has 0 fully saturated rings. The van der Waals surface area contributed by atoms with Crippen molar-refractivity contribution in [1.29, 1.82) is 0 Å². The lowest BCUT2D eigenvalue weighted by Gasteiger charge is -2.01. The molecule has 3 nitrogen and oxygen atoms in total. The van der Waals surface area contributed by atoms with Crippen molar-refractivity contribution in [2.75, 3.05) is 13.0 Å². The summed E-state index contributed by atoms with van der Waals surface area (Å²) < 4.78 is 6.86. The summed E-state index contributed by atoms with van der Waals surface area (Å²) in [5, 5.41) is 4.04. The predicted molar refractivity (Wildman–Crippen MR) is 44.2 cm³/mol. The minimum atomic E-state index is 0.593. The number of halogens is 1. The van der Waals surface area contributed by atoms with Gasteiger partial charge in [-0.1, -0.05) is 0 Å². The van der Waals surface area contributed by atoms with Gasteiger partial charge >= 0.3 is 0 Å². The quantitative estimate of drug-likeness (QED) is 0.645.